The summed E-state index contributed by atoms with van der Waals surface area (Å²) in [5.74, 6) is 1.51. The van der Waals surface area contributed by atoms with Gasteiger partial charge in [-0.3, -0.25) is 4.98 Å². The minimum atomic E-state index is 0.484. The van der Waals surface area contributed by atoms with Crippen molar-refractivity contribution >= 4 is 10.9 Å². The maximum absolute atomic E-state index is 4.70. The van der Waals surface area contributed by atoms with Gasteiger partial charge in [-0.1, -0.05) is 41.5 Å². The molecule has 2 heteroatoms. The van der Waals surface area contributed by atoms with Crippen molar-refractivity contribution in [3.8, 4) is 0 Å². The van der Waals surface area contributed by atoms with Crippen molar-refractivity contribution in [3.63, 3.8) is 0 Å². The van der Waals surface area contributed by atoms with Crippen LogP contribution in [0.2, 0.25) is 0 Å². The van der Waals surface area contributed by atoms with Gasteiger partial charge in [0, 0.05) is 23.0 Å². The summed E-state index contributed by atoms with van der Waals surface area (Å²) < 4.78 is 0. The monoisotopic (exact) mass is 244 g/mol. The first-order valence-corrected chi connectivity index (χ1v) is 6.93. The van der Waals surface area contributed by atoms with Crippen molar-refractivity contribution in [1.82, 2.24) is 9.97 Å². The highest BCUT2D eigenvalue weighted by molar-refractivity contribution is 5.86. The number of nitrogens with one attached hydrogen (secondary N) is 1. The van der Waals surface area contributed by atoms with E-state index in [1.54, 1.807) is 0 Å². The minimum absolute atomic E-state index is 0.484. The average molecular weight is 244 g/mol. The van der Waals surface area contributed by atoms with E-state index in [1.165, 1.54) is 22.3 Å². The molecule has 0 aliphatic carbocycles. The second-order valence-electron chi connectivity index (χ2n) is 6.08. The number of rotatable bonds is 3. The number of aromatic amines is 1. The third-order valence-corrected chi connectivity index (χ3v) is 3.54. The van der Waals surface area contributed by atoms with E-state index in [2.05, 4.69) is 52.6 Å². The molecule has 2 rings (SSSR count). The molecule has 0 atom stereocenters. The van der Waals surface area contributed by atoms with E-state index in [4.69, 9.17) is 4.98 Å². The molecule has 2 aromatic heterocycles. The molecular formula is C16H24N2. The van der Waals surface area contributed by atoms with Crippen LogP contribution in [0.15, 0.2) is 12.3 Å². The van der Waals surface area contributed by atoms with Crippen LogP contribution in [-0.2, 0) is 0 Å². The zero-order valence-corrected chi connectivity index (χ0v) is 12.3. The number of fused-ring (bicyclic) bond motifs is 1. The molecule has 0 spiro atoms. The lowest BCUT2D eigenvalue weighted by Gasteiger charge is -2.07. The Kier molecular flexibility index (Phi) is 3.47. The van der Waals surface area contributed by atoms with E-state index in [0.29, 0.717) is 17.8 Å². The smallest absolute Gasteiger partial charge is 0.0914 e. The fourth-order valence-electron chi connectivity index (χ4n) is 2.36. The van der Waals surface area contributed by atoms with Crippen molar-refractivity contribution < 1.29 is 0 Å². The highest BCUT2D eigenvalue weighted by atomic mass is 14.8. The van der Waals surface area contributed by atoms with Crippen molar-refractivity contribution in [3.05, 3.63) is 29.2 Å². The van der Waals surface area contributed by atoms with Gasteiger partial charge < -0.3 is 4.98 Å². The molecule has 18 heavy (non-hydrogen) atoms. The van der Waals surface area contributed by atoms with Crippen LogP contribution in [0, 0.1) is 0 Å². The van der Waals surface area contributed by atoms with Crippen LogP contribution in [0.1, 0.15) is 76.2 Å². The van der Waals surface area contributed by atoms with Gasteiger partial charge in [0.15, 0.2) is 0 Å². The average Bonchev–Trinajstić information content (AvgIpc) is 2.67. The molecular weight excluding hydrogens is 220 g/mol. The van der Waals surface area contributed by atoms with E-state index in [9.17, 15) is 0 Å². The number of aromatic nitrogens is 2. The van der Waals surface area contributed by atoms with E-state index >= 15 is 0 Å². The first-order valence-electron chi connectivity index (χ1n) is 6.93. The molecule has 0 saturated heterocycles. The maximum atomic E-state index is 4.70. The van der Waals surface area contributed by atoms with Gasteiger partial charge in [-0.25, -0.2) is 0 Å². The Morgan fingerprint density at radius 1 is 0.889 bits per heavy atom. The molecule has 1 N–H and O–H groups in total. The Bertz CT molecular complexity index is 547. The zero-order chi connectivity index (χ0) is 13.4. The zero-order valence-electron chi connectivity index (χ0n) is 12.3. The molecule has 0 saturated carbocycles. The fourth-order valence-corrected chi connectivity index (χ4v) is 2.36. The summed E-state index contributed by atoms with van der Waals surface area (Å²) in [6.07, 6.45) is 2.02. The lowest BCUT2D eigenvalue weighted by Crippen LogP contribution is -1.91. The van der Waals surface area contributed by atoms with Gasteiger partial charge >= 0.3 is 0 Å². The lowest BCUT2D eigenvalue weighted by molar-refractivity contribution is 0.792. The normalized spacial score (nSPS) is 12.3. The lowest BCUT2D eigenvalue weighted by atomic mass is 10.0. The standard InChI is InChI=1S/C16H24N2/c1-9(2)12-7-13-14(10(3)4)18-15(11(5)6)16(13)17-8-12/h7-11,18H,1-6H3. The van der Waals surface area contributed by atoms with Crippen LogP contribution < -0.4 is 0 Å². The Hall–Kier alpha value is -1.31. The van der Waals surface area contributed by atoms with Gasteiger partial charge in [0.1, 0.15) is 0 Å². The van der Waals surface area contributed by atoms with Crippen LogP contribution in [0.5, 0.6) is 0 Å². The summed E-state index contributed by atoms with van der Waals surface area (Å²) in [5, 5.41) is 1.31. The number of hydrogen-bond acceptors (Lipinski definition) is 1. The van der Waals surface area contributed by atoms with E-state index in [1.807, 2.05) is 6.20 Å². The molecule has 0 unspecified atom stereocenters. The number of pyridine rings is 1. The number of H-pyrrole nitrogens is 1. The second-order valence-corrected chi connectivity index (χ2v) is 6.08. The van der Waals surface area contributed by atoms with E-state index < -0.39 is 0 Å². The highest BCUT2D eigenvalue weighted by Crippen LogP contribution is 2.32. The minimum Gasteiger partial charge on any atom is -0.360 e. The third kappa shape index (κ3) is 2.16. The quantitative estimate of drug-likeness (QED) is 0.814. The predicted octanol–water partition coefficient (Wildman–Crippen LogP) is 4.93. The van der Waals surface area contributed by atoms with Gasteiger partial charge in [0.25, 0.3) is 0 Å². The molecule has 0 bridgehead atoms. The molecule has 0 aliphatic rings. The Balaban J connectivity index is 2.71. The first kappa shape index (κ1) is 13.1. The van der Waals surface area contributed by atoms with Gasteiger partial charge in [0.05, 0.1) is 5.52 Å². The van der Waals surface area contributed by atoms with Crippen LogP contribution in [0.4, 0.5) is 0 Å². The topological polar surface area (TPSA) is 28.7 Å². The van der Waals surface area contributed by atoms with Crippen molar-refractivity contribution in [2.75, 3.05) is 0 Å². The van der Waals surface area contributed by atoms with Crippen LogP contribution in [0.3, 0.4) is 0 Å². The molecule has 0 aromatic carbocycles. The maximum Gasteiger partial charge on any atom is 0.0914 e. The number of hydrogen-bond donors (Lipinski definition) is 1. The summed E-state index contributed by atoms with van der Waals surface area (Å²) in [6, 6.07) is 2.31. The number of nitrogens with zero attached hydrogens (tertiary/aromatic N) is 1. The Morgan fingerprint density at radius 3 is 2.00 bits per heavy atom. The largest absolute Gasteiger partial charge is 0.360 e. The molecule has 2 nitrogen and oxygen atoms in total. The van der Waals surface area contributed by atoms with Crippen molar-refractivity contribution in [1.29, 1.82) is 0 Å². The molecule has 0 aliphatic heterocycles. The van der Waals surface area contributed by atoms with Gasteiger partial charge in [-0.15, -0.1) is 0 Å². The summed E-state index contributed by atoms with van der Waals surface area (Å²) >= 11 is 0. The fraction of sp³-hybridized carbons (Fsp3) is 0.562. The Morgan fingerprint density at radius 2 is 1.50 bits per heavy atom. The van der Waals surface area contributed by atoms with Crippen LogP contribution in [-0.4, -0.2) is 9.97 Å². The van der Waals surface area contributed by atoms with Crippen molar-refractivity contribution in [2.24, 2.45) is 0 Å². The van der Waals surface area contributed by atoms with Gasteiger partial charge in [-0.05, 0) is 29.4 Å². The summed E-state index contributed by atoms with van der Waals surface area (Å²) in [6.45, 7) is 13.3. The molecule has 2 aromatic rings. The Labute approximate surface area is 110 Å². The molecule has 98 valence electrons. The summed E-state index contributed by atoms with van der Waals surface area (Å²) in [5.41, 5.74) is 5.06. The van der Waals surface area contributed by atoms with Crippen LogP contribution >= 0.6 is 0 Å². The van der Waals surface area contributed by atoms with E-state index in [0.717, 1.165) is 5.52 Å². The second kappa shape index (κ2) is 4.75. The predicted molar refractivity (Wildman–Crippen MR) is 78.4 cm³/mol. The SMILES string of the molecule is CC(C)c1cnc2c(C(C)C)[nH]c(C(C)C)c2c1. The molecule has 2 heterocycles. The first-order chi connectivity index (χ1) is 8.41. The third-order valence-electron chi connectivity index (χ3n) is 3.54. The van der Waals surface area contributed by atoms with Gasteiger partial charge in [-0.2, -0.15) is 0 Å². The molecule has 0 radical (unpaired) electrons. The van der Waals surface area contributed by atoms with Crippen molar-refractivity contribution in [2.45, 2.75) is 59.3 Å². The van der Waals surface area contributed by atoms with Crippen LogP contribution in [0.25, 0.3) is 10.9 Å². The van der Waals surface area contributed by atoms with Gasteiger partial charge in [0.2, 0.25) is 0 Å². The van der Waals surface area contributed by atoms with E-state index in [-0.39, 0.29) is 0 Å². The molecule has 0 fully saturated rings. The highest BCUT2D eigenvalue weighted by Gasteiger charge is 2.16. The summed E-state index contributed by atoms with van der Waals surface area (Å²) in [7, 11) is 0. The summed E-state index contributed by atoms with van der Waals surface area (Å²) in [4.78, 5) is 8.29. The molecule has 0 amide bonds.